The third kappa shape index (κ3) is 5.99. The normalized spacial score (nSPS) is 13.9. The van der Waals surface area contributed by atoms with Crippen LogP contribution in [0.2, 0.25) is 0 Å². The average Bonchev–Trinajstić information content (AvgIpc) is 3.37. The molecule has 214 valence electrons. The van der Waals surface area contributed by atoms with Crippen LogP contribution in [0.25, 0.3) is 16.9 Å². The number of ether oxygens (including phenoxy) is 1. The van der Waals surface area contributed by atoms with Crippen molar-refractivity contribution in [2.45, 2.75) is 6.92 Å². The number of methoxy groups -OCH3 is 1. The quantitative estimate of drug-likeness (QED) is 0.348. The van der Waals surface area contributed by atoms with E-state index < -0.39 is 5.82 Å². The number of carbonyl (C=O) groups excluding carboxylic acids is 2. The third-order valence-corrected chi connectivity index (χ3v) is 7.12. The Bertz CT molecular complexity index is 1600. The minimum atomic E-state index is -0.451. The van der Waals surface area contributed by atoms with Crippen molar-refractivity contribution in [3.63, 3.8) is 0 Å². The number of piperazine rings is 1. The zero-order valence-corrected chi connectivity index (χ0v) is 24.0. The molecule has 0 atom stereocenters. The van der Waals surface area contributed by atoms with Crippen molar-refractivity contribution < 1.29 is 23.2 Å². The van der Waals surface area contributed by atoms with E-state index in [2.05, 4.69) is 15.3 Å². The first-order valence-electron chi connectivity index (χ1n) is 13.5. The molecule has 10 nitrogen and oxygen atoms in total. The number of quaternary nitrogens is 1. The van der Waals surface area contributed by atoms with Crippen LogP contribution in [0.5, 0.6) is 5.75 Å². The number of hydrogen-bond donors (Lipinski definition) is 1. The van der Waals surface area contributed by atoms with Crippen molar-refractivity contribution in [3.8, 4) is 17.0 Å². The van der Waals surface area contributed by atoms with Crippen molar-refractivity contribution in [1.82, 2.24) is 24.2 Å². The topological polar surface area (TPSA) is 92.1 Å². The second kappa shape index (κ2) is 11.2. The first kappa shape index (κ1) is 28.0. The number of fused-ring (bicyclic) bond motifs is 1. The maximum Gasteiger partial charge on any atom is 0.277 e. The van der Waals surface area contributed by atoms with E-state index in [0.717, 1.165) is 11.3 Å². The Morgan fingerprint density at radius 1 is 1.02 bits per heavy atom. The zero-order chi connectivity index (χ0) is 29.3. The maximum absolute atomic E-state index is 14.3. The number of anilines is 2. The van der Waals surface area contributed by atoms with Gasteiger partial charge in [0, 0.05) is 55.4 Å². The molecule has 1 N–H and O–H groups in total. The molecule has 1 aliphatic rings. The molecule has 1 fully saturated rings. The van der Waals surface area contributed by atoms with Crippen molar-refractivity contribution in [3.05, 3.63) is 71.9 Å². The van der Waals surface area contributed by atoms with Crippen LogP contribution in [0.15, 0.2) is 55.0 Å². The number of nitrogens with zero attached hydrogens (tertiary/aromatic N) is 6. The van der Waals surface area contributed by atoms with Crippen LogP contribution < -0.4 is 10.1 Å². The summed E-state index contributed by atoms with van der Waals surface area (Å²) >= 11 is 0. The van der Waals surface area contributed by atoms with Crippen LogP contribution in [0.1, 0.15) is 15.9 Å². The molecular formula is C30H35FN7O3+. The van der Waals surface area contributed by atoms with Gasteiger partial charge in [0.25, 0.3) is 11.8 Å². The van der Waals surface area contributed by atoms with E-state index in [-0.39, 0.29) is 17.6 Å². The summed E-state index contributed by atoms with van der Waals surface area (Å²) in [7, 11) is 7.41. The highest BCUT2D eigenvalue weighted by molar-refractivity contribution is 5.96. The number of amides is 2. The molecule has 4 aromatic rings. The van der Waals surface area contributed by atoms with Gasteiger partial charge in [0.2, 0.25) is 0 Å². The summed E-state index contributed by atoms with van der Waals surface area (Å²) in [6, 6.07) is 10.3. The molecule has 11 heteroatoms. The number of carbonyl (C=O) groups is 2. The second-order valence-electron chi connectivity index (χ2n) is 11.2. The van der Waals surface area contributed by atoms with Crippen LogP contribution in [-0.4, -0.2) is 101 Å². The lowest BCUT2D eigenvalue weighted by Gasteiger charge is -2.36. The monoisotopic (exact) mass is 560 g/mol. The van der Waals surface area contributed by atoms with Crippen molar-refractivity contribution >= 4 is 29.0 Å². The summed E-state index contributed by atoms with van der Waals surface area (Å²) in [5.41, 5.74) is 4.16. The van der Waals surface area contributed by atoms with Crippen LogP contribution >= 0.6 is 0 Å². The molecule has 1 aliphatic heterocycles. The molecule has 2 aromatic carbocycles. The third-order valence-electron chi connectivity index (χ3n) is 7.12. The number of halogens is 1. The minimum Gasteiger partial charge on any atom is -0.494 e. The van der Waals surface area contributed by atoms with E-state index in [4.69, 9.17) is 4.74 Å². The molecule has 0 aliphatic carbocycles. The fourth-order valence-corrected chi connectivity index (χ4v) is 5.00. The lowest BCUT2D eigenvalue weighted by molar-refractivity contribution is -0.862. The zero-order valence-electron chi connectivity index (χ0n) is 24.0. The van der Waals surface area contributed by atoms with Gasteiger partial charge in [0.15, 0.2) is 29.6 Å². The molecule has 2 aromatic heterocycles. The number of aromatic nitrogens is 3. The van der Waals surface area contributed by atoms with Gasteiger partial charge in [-0.1, -0.05) is 0 Å². The standard InChI is InChI=1S/C30H34FN7O3/c1-20-16-22(7-8-23(20)30(40)36-14-12-35(13-15-36)27(39)19-38(2,3)4)34-28-29-33-18-25(37(29)11-10-32-28)21-6-9-26(41-5)24(31)17-21/h6-11,16-18H,12-15,19H2,1-5H3/p+1. The number of aryl methyl sites for hydroxylation is 1. The number of imidazole rings is 1. The van der Waals surface area contributed by atoms with E-state index in [1.165, 1.54) is 13.2 Å². The number of hydrogen-bond acceptors (Lipinski definition) is 6. The van der Waals surface area contributed by atoms with E-state index in [0.29, 0.717) is 65.5 Å². The van der Waals surface area contributed by atoms with Gasteiger partial charge in [0.05, 0.1) is 40.1 Å². The maximum atomic E-state index is 14.3. The van der Waals surface area contributed by atoms with Crippen molar-refractivity contribution in [2.24, 2.45) is 0 Å². The summed E-state index contributed by atoms with van der Waals surface area (Å²) in [5, 5.41) is 3.31. The molecule has 0 bridgehead atoms. The largest absolute Gasteiger partial charge is 0.494 e. The van der Waals surface area contributed by atoms with Gasteiger partial charge in [-0.2, -0.15) is 0 Å². The number of nitrogens with one attached hydrogen (secondary N) is 1. The lowest BCUT2D eigenvalue weighted by Crippen LogP contribution is -2.54. The van der Waals surface area contributed by atoms with Crippen molar-refractivity contribution in [2.75, 3.05) is 66.3 Å². The van der Waals surface area contributed by atoms with Crippen LogP contribution in [0, 0.1) is 12.7 Å². The molecule has 0 radical (unpaired) electrons. The Morgan fingerprint density at radius 3 is 2.41 bits per heavy atom. The molecule has 1 saturated heterocycles. The van der Waals surface area contributed by atoms with Gasteiger partial charge < -0.3 is 24.3 Å². The smallest absolute Gasteiger partial charge is 0.277 e. The summed E-state index contributed by atoms with van der Waals surface area (Å²) in [4.78, 5) is 38.5. The first-order chi connectivity index (χ1) is 19.5. The van der Waals surface area contributed by atoms with Gasteiger partial charge in [0.1, 0.15) is 0 Å². The Morgan fingerprint density at radius 2 is 1.76 bits per heavy atom. The SMILES string of the molecule is COc1ccc(-c2cnc3c(Nc4ccc(C(=O)N5CCN(C(=O)C[N+](C)(C)C)CC5)c(C)c4)nccn23)cc1F. The molecule has 0 spiro atoms. The number of rotatable bonds is 7. The molecular weight excluding hydrogens is 525 g/mol. The lowest BCUT2D eigenvalue weighted by atomic mass is 10.1. The van der Waals surface area contributed by atoms with Crippen LogP contribution in [0.4, 0.5) is 15.9 Å². The van der Waals surface area contributed by atoms with E-state index in [1.807, 2.05) is 60.5 Å². The number of likely N-dealkylation sites (N-methyl/N-ethyl adjacent to an activating group) is 1. The van der Waals surface area contributed by atoms with Gasteiger partial charge in [-0.3, -0.25) is 14.0 Å². The van der Waals surface area contributed by atoms with Gasteiger partial charge in [-0.25, -0.2) is 14.4 Å². The van der Waals surface area contributed by atoms with E-state index in [1.54, 1.807) is 30.7 Å². The minimum absolute atomic E-state index is 0.0439. The predicted molar refractivity (Wildman–Crippen MR) is 155 cm³/mol. The van der Waals surface area contributed by atoms with Crippen molar-refractivity contribution in [1.29, 1.82) is 0 Å². The summed E-state index contributed by atoms with van der Waals surface area (Å²) < 4.78 is 21.8. The Hall–Kier alpha value is -4.51. The molecule has 2 amide bonds. The number of benzene rings is 2. The molecule has 0 unspecified atom stereocenters. The van der Waals surface area contributed by atoms with Gasteiger partial charge >= 0.3 is 0 Å². The Balaban J connectivity index is 1.29. The summed E-state index contributed by atoms with van der Waals surface area (Å²) in [6.45, 7) is 4.42. The Kier molecular flexibility index (Phi) is 7.63. The van der Waals surface area contributed by atoms with Crippen LogP contribution in [-0.2, 0) is 4.79 Å². The molecule has 3 heterocycles. The summed E-state index contributed by atoms with van der Waals surface area (Å²) in [6.07, 6.45) is 5.09. The van der Waals surface area contributed by atoms with Gasteiger partial charge in [-0.05, 0) is 48.9 Å². The highest BCUT2D eigenvalue weighted by atomic mass is 19.1. The highest BCUT2D eigenvalue weighted by Gasteiger charge is 2.28. The highest BCUT2D eigenvalue weighted by Crippen LogP contribution is 2.29. The van der Waals surface area contributed by atoms with E-state index >= 15 is 0 Å². The molecule has 41 heavy (non-hydrogen) atoms. The second-order valence-corrected chi connectivity index (χ2v) is 11.2. The first-order valence-corrected chi connectivity index (χ1v) is 13.5. The summed E-state index contributed by atoms with van der Waals surface area (Å²) in [5.74, 6) is 0.323. The van der Waals surface area contributed by atoms with Crippen LogP contribution in [0.3, 0.4) is 0 Å². The molecule has 0 saturated carbocycles. The average molecular weight is 561 g/mol. The van der Waals surface area contributed by atoms with E-state index in [9.17, 15) is 14.0 Å². The fourth-order valence-electron chi connectivity index (χ4n) is 5.00. The predicted octanol–water partition coefficient (Wildman–Crippen LogP) is 3.59. The Labute approximate surface area is 238 Å². The fraction of sp³-hybridized carbons (Fsp3) is 0.333. The van der Waals surface area contributed by atoms with Gasteiger partial charge in [-0.15, -0.1) is 0 Å². The molecule has 5 rings (SSSR count).